The summed E-state index contributed by atoms with van der Waals surface area (Å²) in [5.74, 6) is -0.502. The number of carboxylic acid groups (broad SMARTS) is 1. The van der Waals surface area contributed by atoms with Crippen LogP contribution in [0.5, 0.6) is 0 Å². The van der Waals surface area contributed by atoms with Crippen LogP contribution in [-0.4, -0.2) is 51.8 Å². The predicted molar refractivity (Wildman–Crippen MR) is 102 cm³/mol. The summed E-state index contributed by atoms with van der Waals surface area (Å²) in [5, 5.41) is 14.8. The van der Waals surface area contributed by atoms with Gasteiger partial charge in [0.2, 0.25) is 5.91 Å². The Morgan fingerprint density at radius 1 is 1.39 bits per heavy atom. The Bertz CT molecular complexity index is 853. The maximum absolute atomic E-state index is 12.7. The van der Waals surface area contributed by atoms with Crippen LogP contribution in [0.4, 0.5) is 18.2 Å². The molecule has 2 aromatic heterocycles. The number of halogens is 3. The van der Waals surface area contributed by atoms with Crippen LogP contribution in [0.1, 0.15) is 28.9 Å². The second-order valence-corrected chi connectivity index (χ2v) is 9.12. The van der Waals surface area contributed by atoms with Gasteiger partial charge in [0.15, 0.2) is 10.0 Å². The molecule has 0 aromatic carbocycles. The first-order chi connectivity index (χ1) is 13.2. The molecule has 1 amide bonds. The van der Waals surface area contributed by atoms with Crippen LogP contribution >= 0.6 is 34.4 Å². The molecule has 0 radical (unpaired) electrons. The van der Waals surface area contributed by atoms with Crippen LogP contribution in [0.3, 0.4) is 0 Å². The van der Waals surface area contributed by atoms with E-state index in [9.17, 15) is 22.8 Å². The molecule has 12 heteroatoms. The van der Waals surface area contributed by atoms with Crippen LogP contribution in [0, 0.1) is 0 Å². The molecule has 0 bridgehead atoms. The van der Waals surface area contributed by atoms with Crippen LogP contribution in [0.2, 0.25) is 0 Å². The van der Waals surface area contributed by atoms with Crippen LogP contribution in [0.15, 0.2) is 21.2 Å². The minimum Gasteiger partial charge on any atom is -0.476 e. The first-order valence-electron chi connectivity index (χ1n) is 8.24. The smallest absolute Gasteiger partial charge is 0.417 e. The molecule has 2 N–H and O–H groups in total. The third-order valence-corrected chi connectivity index (χ3v) is 7.04. The van der Waals surface area contributed by atoms with Gasteiger partial charge in [0, 0.05) is 42.1 Å². The first kappa shape index (κ1) is 20.9. The van der Waals surface area contributed by atoms with Crippen LogP contribution in [0.25, 0.3) is 0 Å². The van der Waals surface area contributed by atoms with E-state index in [1.54, 1.807) is 4.90 Å². The molecule has 28 heavy (non-hydrogen) atoms. The van der Waals surface area contributed by atoms with Crippen molar-refractivity contribution in [3.05, 3.63) is 28.1 Å². The number of aromatic carboxylic acids is 1. The number of carbonyl (C=O) groups is 2. The van der Waals surface area contributed by atoms with E-state index in [0.29, 0.717) is 41.0 Å². The molecular formula is C16H16F3N3O3S3. The minimum absolute atomic E-state index is 0.000925. The zero-order valence-corrected chi connectivity index (χ0v) is 16.8. The highest BCUT2D eigenvalue weighted by Crippen LogP contribution is 2.35. The third kappa shape index (κ3) is 5.17. The second kappa shape index (κ2) is 8.70. The van der Waals surface area contributed by atoms with Gasteiger partial charge in [-0.25, -0.2) is 9.78 Å². The van der Waals surface area contributed by atoms with Gasteiger partial charge >= 0.3 is 12.1 Å². The van der Waals surface area contributed by atoms with Crippen molar-refractivity contribution in [2.45, 2.75) is 29.4 Å². The Balaban J connectivity index is 1.50. The molecule has 0 aliphatic carbocycles. The molecule has 3 rings (SSSR count). The maximum Gasteiger partial charge on any atom is 0.417 e. The van der Waals surface area contributed by atoms with E-state index in [1.165, 1.54) is 28.5 Å². The van der Waals surface area contributed by atoms with Crippen molar-refractivity contribution >= 4 is 51.3 Å². The molecule has 0 saturated carbocycles. The zero-order chi connectivity index (χ0) is 20.3. The van der Waals surface area contributed by atoms with Crippen LogP contribution in [-0.2, 0) is 11.0 Å². The fraction of sp³-hybridized carbons (Fsp3) is 0.438. The number of thiazole rings is 1. The largest absolute Gasteiger partial charge is 0.476 e. The quantitative estimate of drug-likeness (QED) is 0.588. The molecule has 1 atom stereocenters. The average Bonchev–Trinajstić information content (AvgIpc) is 3.34. The Hall–Kier alpha value is -1.79. The van der Waals surface area contributed by atoms with Crippen molar-refractivity contribution in [2.75, 3.05) is 24.2 Å². The number of nitrogens with one attached hydrogen (secondary N) is 1. The predicted octanol–water partition coefficient (Wildman–Crippen LogP) is 4.12. The summed E-state index contributed by atoms with van der Waals surface area (Å²) in [4.78, 5) is 28.7. The van der Waals surface area contributed by atoms with E-state index in [0.717, 1.165) is 22.8 Å². The maximum atomic E-state index is 12.7. The summed E-state index contributed by atoms with van der Waals surface area (Å²) in [6.45, 7) is 0.852. The number of nitrogens with zero attached hydrogens (tertiary/aromatic N) is 2. The summed E-state index contributed by atoms with van der Waals surface area (Å²) in [6, 6.07) is 0.986. The molecule has 6 nitrogen and oxygen atoms in total. The molecule has 0 spiro atoms. The first-order valence-corrected chi connectivity index (χ1v) is 11.0. The van der Waals surface area contributed by atoms with E-state index in [2.05, 4.69) is 10.3 Å². The number of carbonyl (C=O) groups excluding carboxylic acids is 1. The number of hydrogen-bond donors (Lipinski definition) is 2. The number of anilines is 1. The number of hydrogen-bond acceptors (Lipinski definition) is 7. The lowest BCUT2D eigenvalue weighted by atomic mass is 10.2. The van der Waals surface area contributed by atoms with E-state index in [4.69, 9.17) is 5.11 Å². The molecular weight excluding hydrogens is 435 g/mol. The van der Waals surface area contributed by atoms with Gasteiger partial charge in [0.25, 0.3) is 0 Å². The second-order valence-electron chi connectivity index (χ2n) is 6.01. The van der Waals surface area contributed by atoms with Crippen molar-refractivity contribution < 1.29 is 27.9 Å². The average molecular weight is 452 g/mol. The van der Waals surface area contributed by atoms with Crippen molar-refractivity contribution in [3.63, 3.8) is 0 Å². The standard InChI is InChI=1S/C16H16F3N3O3S3/c17-16(18,19)9-5-12(27-7-9)20-6-10-1-2-13(23)22(10)3-4-26-15-21-11(8-28-15)14(24)25/h5,7-8,10,20H,1-4,6H2,(H,24,25)/t10-/m1/s1. The molecule has 2 aromatic rings. The summed E-state index contributed by atoms with van der Waals surface area (Å²) in [5.41, 5.74) is -0.680. The van der Waals surface area contributed by atoms with Gasteiger partial charge in [-0.2, -0.15) is 13.2 Å². The summed E-state index contributed by atoms with van der Waals surface area (Å²) < 4.78 is 38.6. The lowest BCUT2D eigenvalue weighted by Gasteiger charge is -2.25. The Labute approximate surface area is 170 Å². The van der Waals surface area contributed by atoms with Crippen molar-refractivity contribution in [3.8, 4) is 0 Å². The van der Waals surface area contributed by atoms with Gasteiger partial charge in [0.05, 0.1) is 10.6 Å². The molecule has 152 valence electrons. The van der Waals surface area contributed by atoms with Gasteiger partial charge in [-0.15, -0.1) is 22.7 Å². The van der Waals surface area contributed by atoms with Gasteiger partial charge in [-0.1, -0.05) is 11.8 Å². The Morgan fingerprint density at radius 2 is 2.18 bits per heavy atom. The number of alkyl halides is 3. The van der Waals surface area contributed by atoms with E-state index in [1.807, 2.05) is 0 Å². The highest BCUT2D eigenvalue weighted by molar-refractivity contribution is 8.01. The fourth-order valence-corrected chi connectivity index (χ4v) is 5.39. The molecule has 3 heterocycles. The van der Waals surface area contributed by atoms with Gasteiger partial charge in [0.1, 0.15) is 0 Å². The van der Waals surface area contributed by atoms with Crippen molar-refractivity contribution in [1.29, 1.82) is 0 Å². The van der Waals surface area contributed by atoms with Crippen LogP contribution < -0.4 is 5.32 Å². The van der Waals surface area contributed by atoms with E-state index < -0.39 is 17.7 Å². The fourth-order valence-electron chi connectivity index (χ4n) is 2.76. The number of likely N-dealkylation sites (tertiary alicyclic amines) is 1. The lowest BCUT2D eigenvalue weighted by Crippen LogP contribution is -2.38. The number of thioether (sulfide) groups is 1. The highest BCUT2D eigenvalue weighted by Gasteiger charge is 2.33. The number of thiophene rings is 1. The summed E-state index contributed by atoms with van der Waals surface area (Å²) in [6.07, 6.45) is -3.30. The monoisotopic (exact) mass is 451 g/mol. The molecule has 1 aliphatic rings. The van der Waals surface area contributed by atoms with Gasteiger partial charge < -0.3 is 15.3 Å². The lowest BCUT2D eigenvalue weighted by molar-refractivity contribution is -0.137. The Kier molecular flexibility index (Phi) is 6.50. The Morgan fingerprint density at radius 3 is 2.82 bits per heavy atom. The summed E-state index contributed by atoms with van der Waals surface area (Å²) in [7, 11) is 0. The van der Waals surface area contributed by atoms with Gasteiger partial charge in [-0.05, 0) is 12.5 Å². The molecule has 1 fully saturated rings. The summed E-state index contributed by atoms with van der Waals surface area (Å²) >= 11 is 3.60. The number of rotatable bonds is 8. The highest BCUT2D eigenvalue weighted by atomic mass is 32.2. The number of aromatic nitrogens is 1. The van der Waals surface area contributed by atoms with Crippen molar-refractivity contribution in [1.82, 2.24) is 9.88 Å². The van der Waals surface area contributed by atoms with Crippen molar-refractivity contribution in [2.24, 2.45) is 0 Å². The minimum atomic E-state index is -4.36. The topological polar surface area (TPSA) is 82.5 Å². The molecule has 1 aliphatic heterocycles. The third-order valence-electron chi connectivity index (χ3n) is 4.15. The van der Waals surface area contributed by atoms with E-state index in [-0.39, 0.29) is 17.6 Å². The molecule has 1 saturated heterocycles. The molecule has 0 unspecified atom stereocenters. The number of carboxylic acids is 1. The number of amides is 1. The van der Waals surface area contributed by atoms with Gasteiger partial charge in [-0.3, -0.25) is 4.79 Å². The normalized spacial score (nSPS) is 17.3. The SMILES string of the molecule is O=C(O)c1csc(SCCN2C(=O)CC[C@@H]2CNc2cc(C(F)(F)F)cs2)n1. The van der Waals surface area contributed by atoms with E-state index >= 15 is 0 Å². The zero-order valence-electron chi connectivity index (χ0n) is 14.4.